The Morgan fingerprint density at radius 1 is 1.05 bits per heavy atom. The Morgan fingerprint density at radius 2 is 1.75 bits per heavy atom. The summed E-state index contributed by atoms with van der Waals surface area (Å²) in [6.45, 7) is 6.78. The highest BCUT2D eigenvalue weighted by Crippen LogP contribution is 2.28. The Balaban J connectivity index is 1.36. The topological polar surface area (TPSA) is 91.0 Å². The van der Waals surface area contributed by atoms with Crippen LogP contribution in [0.1, 0.15) is 65.7 Å². The van der Waals surface area contributed by atoms with Crippen molar-refractivity contribution in [3.63, 3.8) is 0 Å². The van der Waals surface area contributed by atoms with Crippen LogP contribution in [0.4, 0.5) is 10.5 Å². The van der Waals surface area contributed by atoms with Crippen LogP contribution in [-0.4, -0.2) is 87.7 Å². The molecule has 1 saturated carbocycles. The van der Waals surface area contributed by atoms with Gasteiger partial charge in [-0.3, -0.25) is 14.5 Å². The quantitative estimate of drug-likeness (QED) is 0.409. The van der Waals surface area contributed by atoms with Crippen molar-refractivity contribution in [2.75, 3.05) is 41.5 Å². The average Bonchev–Trinajstić information content (AvgIpc) is 3.44. The molecule has 1 aromatic rings. The van der Waals surface area contributed by atoms with E-state index in [-0.39, 0.29) is 11.8 Å². The number of anilines is 1. The van der Waals surface area contributed by atoms with Crippen molar-refractivity contribution in [3.8, 4) is 0 Å². The molecule has 222 valence electrons. The van der Waals surface area contributed by atoms with E-state index in [1.54, 1.807) is 11.8 Å². The van der Waals surface area contributed by atoms with E-state index in [0.717, 1.165) is 24.3 Å². The van der Waals surface area contributed by atoms with Gasteiger partial charge in [0.2, 0.25) is 11.8 Å². The second kappa shape index (κ2) is 14.7. The number of benzene rings is 1. The molecule has 0 spiro atoms. The summed E-state index contributed by atoms with van der Waals surface area (Å²) in [5, 5.41) is 6.64. The van der Waals surface area contributed by atoms with Crippen molar-refractivity contribution >= 4 is 47.1 Å². The van der Waals surface area contributed by atoms with Crippen LogP contribution in [-0.2, 0) is 14.3 Å². The minimum atomic E-state index is -0.640. The Kier molecular flexibility index (Phi) is 11.4. The van der Waals surface area contributed by atoms with Crippen LogP contribution >= 0.6 is 23.5 Å². The van der Waals surface area contributed by atoms with Crippen molar-refractivity contribution in [1.82, 2.24) is 15.1 Å². The third-order valence-electron chi connectivity index (χ3n) is 7.74. The maximum Gasteiger partial charge on any atom is 0.411 e. The standard InChI is InChI=1S/C30H46N4O4S2/c1-30(2,3)38-29(37)34-21-40-20-26(34)27(35)32-25(19-39-18-22-10-6-4-7-11-22)28(36)33-16-14-24(15-17-33)31-23-12-8-5-9-13-23/h5,8-9,12-13,22,24-26,31H,4,6-7,10-11,14-21H2,1-3H3,(H,32,35)/t25-,26-/m0/s1. The van der Waals surface area contributed by atoms with Gasteiger partial charge >= 0.3 is 6.09 Å². The summed E-state index contributed by atoms with van der Waals surface area (Å²) in [7, 11) is 0. The molecule has 0 bridgehead atoms. The summed E-state index contributed by atoms with van der Waals surface area (Å²) in [5.74, 6) is 2.88. The molecule has 0 unspecified atom stereocenters. The predicted molar refractivity (Wildman–Crippen MR) is 165 cm³/mol. The van der Waals surface area contributed by atoms with Crippen molar-refractivity contribution in [1.29, 1.82) is 0 Å². The van der Waals surface area contributed by atoms with Crippen LogP contribution in [0.2, 0.25) is 0 Å². The van der Waals surface area contributed by atoms with E-state index >= 15 is 0 Å². The van der Waals surface area contributed by atoms with Gasteiger partial charge in [0.15, 0.2) is 0 Å². The highest BCUT2D eigenvalue weighted by atomic mass is 32.2. The molecule has 3 fully saturated rings. The molecule has 3 amide bonds. The zero-order chi connectivity index (χ0) is 28.5. The molecule has 0 radical (unpaired) electrons. The molecule has 0 aromatic heterocycles. The lowest BCUT2D eigenvalue weighted by Gasteiger charge is -2.35. The SMILES string of the molecule is CC(C)(C)OC(=O)N1CSC[C@H]1C(=O)N[C@@H](CSCC1CCCCC1)C(=O)N1CCC(Nc2ccccc2)CC1. The van der Waals surface area contributed by atoms with Gasteiger partial charge < -0.3 is 20.3 Å². The molecule has 2 N–H and O–H groups in total. The van der Waals surface area contributed by atoms with Gasteiger partial charge in [-0.2, -0.15) is 11.8 Å². The van der Waals surface area contributed by atoms with Gasteiger partial charge in [-0.25, -0.2) is 4.79 Å². The zero-order valence-corrected chi connectivity index (χ0v) is 25.9. The number of hydrogen-bond acceptors (Lipinski definition) is 7. The number of likely N-dealkylation sites (tertiary alicyclic amines) is 1. The van der Waals surface area contributed by atoms with E-state index in [9.17, 15) is 14.4 Å². The van der Waals surface area contributed by atoms with Crippen molar-refractivity contribution < 1.29 is 19.1 Å². The average molecular weight is 591 g/mol. The second-order valence-corrected chi connectivity index (χ2v) is 14.3. The molecular weight excluding hydrogens is 544 g/mol. The minimum Gasteiger partial charge on any atom is -0.444 e. The number of amides is 3. The Bertz CT molecular complexity index is 976. The molecule has 2 heterocycles. The smallest absolute Gasteiger partial charge is 0.411 e. The van der Waals surface area contributed by atoms with Crippen LogP contribution < -0.4 is 10.6 Å². The normalized spacial score (nSPS) is 21.6. The lowest BCUT2D eigenvalue weighted by Crippen LogP contribution is -2.57. The number of para-hydroxylation sites is 1. The van der Waals surface area contributed by atoms with E-state index in [1.165, 1.54) is 48.8 Å². The molecule has 4 rings (SSSR count). The first kappa shape index (κ1) is 30.9. The molecule has 1 aliphatic carbocycles. The second-order valence-electron chi connectivity index (χ2n) is 12.2. The van der Waals surface area contributed by atoms with Crippen LogP contribution in [0.25, 0.3) is 0 Å². The largest absolute Gasteiger partial charge is 0.444 e. The molecule has 40 heavy (non-hydrogen) atoms. The summed E-state index contributed by atoms with van der Waals surface area (Å²) < 4.78 is 5.54. The molecular formula is C30H46N4O4S2. The number of nitrogens with one attached hydrogen (secondary N) is 2. The van der Waals surface area contributed by atoms with Gasteiger partial charge in [0.1, 0.15) is 17.7 Å². The third kappa shape index (κ3) is 9.23. The Morgan fingerprint density at radius 3 is 2.42 bits per heavy atom. The van der Waals surface area contributed by atoms with E-state index in [4.69, 9.17) is 4.74 Å². The van der Waals surface area contributed by atoms with Gasteiger partial charge in [0.05, 0.1) is 5.88 Å². The number of rotatable bonds is 9. The monoisotopic (exact) mass is 590 g/mol. The van der Waals surface area contributed by atoms with Crippen molar-refractivity contribution in [3.05, 3.63) is 30.3 Å². The number of thioether (sulfide) groups is 2. The van der Waals surface area contributed by atoms with E-state index < -0.39 is 23.8 Å². The number of hydrogen-bond donors (Lipinski definition) is 2. The molecule has 2 atom stereocenters. The summed E-state index contributed by atoms with van der Waals surface area (Å²) in [5.41, 5.74) is 0.460. The van der Waals surface area contributed by atoms with Gasteiger partial charge in [0.25, 0.3) is 0 Å². The van der Waals surface area contributed by atoms with Gasteiger partial charge in [-0.1, -0.05) is 37.5 Å². The van der Waals surface area contributed by atoms with E-state index in [2.05, 4.69) is 22.8 Å². The zero-order valence-electron chi connectivity index (χ0n) is 24.2. The van der Waals surface area contributed by atoms with E-state index in [1.807, 2.05) is 43.9 Å². The molecule has 10 heteroatoms. The summed E-state index contributed by atoms with van der Waals surface area (Å²) in [6, 6.07) is 9.24. The fraction of sp³-hybridized carbons (Fsp3) is 0.700. The lowest BCUT2D eigenvalue weighted by atomic mass is 9.91. The van der Waals surface area contributed by atoms with E-state index in [0.29, 0.717) is 42.4 Å². The summed E-state index contributed by atoms with van der Waals surface area (Å²) >= 11 is 3.31. The summed E-state index contributed by atoms with van der Waals surface area (Å²) in [4.78, 5) is 43.4. The maximum absolute atomic E-state index is 13.8. The Labute approximate surface area is 248 Å². The molecule has 8 nitrogen and oxygen atoms in total. The number of nitrogens with zero attached hydrogens (tertiary/aromatic N) is 2. The van der Waals surface area contributed by atoms with Crippen LogP contribution in [0.3, 0.4) is 0 Å². The van der Waals surface area contributed by atoms with Gasteiger partial charge in [-0.15, -0.1) is 11.8 Å². The molecule has 2 aliphatic heterocycles. The summed E-state index contributed by atoms with van der Waals surface area (Å²) in [6.07, 6.45) is 7.64. The fourth-order valence-corrected chi connectivity index (χ4v) is 7.95. The number of piperidine rings is 1. The van der Waals surface area contributed by atoms with Gasteiger partial charge in [0, 0.05) is 36.3 Å². The highest BCUT2D eigenvalue weighted by Gasteiger charge is 2.39. The number of carbonyl (C=O) groups is 3. The highest BCUT2D eigenvalue weighted by molar-refractivity contribution is 7.99. The van der Waals surface area contributed by atoms with Crippen LogP contribution in [0.15, 0.2) is 30.3 Å². The molecule has 1 aromatic carbocycles. The third-order valence-corrected chi connectivity index (χ3v) is 10.0. The van der Waals surface area contributed by atoms with Gasteiger partial charge in [-0.05, 0) is 70.3 Å². The van der Waals surface area contributed by atoms with Crippen LogP contribution in [0.5, 0.6) is 0 Å². The molecule has 2 saturated heterocycles. The van der Waals surface area contributed by atoms with Crippen LogP contribution in [0, 0.1) is 5.92 Å². The lowest BCUT2D eigenvalue weighted by molar-refractivity contribution is -0.137. The van der Waals surface area contributed by atoms with Crippen molar-refractivity contribution in [2.24, 2.45) is 5.92 Å². The molecule has 3 aliphatic rings. The fourth-order valence-electron chi connectivity index (χ4n) is 5.54. The van der Waals surface area contributed by atoms with Crippen molar-refractivity contribution in [2.45, 2.75) is 89.4 Å². The Hall–Kier alpha value is -2.07. The first-order chi connectivity index (χ1) is 19.2. The predicted octanol–water partition coefficient (Wildman–Crippen LogP) is 5.20. The number of carbonyl (C=O) groups excluding carboxylic acids is 3. The first-order valence-electron chi connectivity index (χ1n) is 14.8. The number of ether oxygens (including phenoxy) is 1. The first-order valence-corrected chi connectivity index (χ1v) is 17.1. The minimum absolute atomic E-state index is 0.0166. The maximum atomic E-state index is 13.8.